The molecule has 27 heavy (non-hydrogen) atoms. The van der Waals surface area contributed by atoms with Crippen molar-refractivity contribution in [3.63, 3.8) is 0 Å². The second kappa shape index (κ2) is 10.2. The van der Waals surface area contributed by atoms with Gasteiger partial charge < -0.3 is 14.2 Å². The molecule has 0 amide bonds. The Hall–Kier alpha value is -2.22. The Labute approximate surface area is 163 Å². The summed E-state index contributed by atoms with van der Waals surface area (Å²) in [7, 11) is 1.59. The standard InChI is InChI=1S/C18H21NO4.2C2H6/c1-18(2)8-13(20)7-15-14(18)6-12-4-11(9-22-10-19)5-16(21-3)17(12)23-15;2*1-2/h4-5,14-15H,6-9H2,1-3H3;2*1-2H3. The van der Waals surface area contributed by atoms with Gasteiger partial charge >= 0.3 is 0 Å². The van der Waals surface area contributed by atoms with Crippen LogP contribution < -0.4 is 9.47 Å². The van der Waals surface area contributed by atoms with Crippen molar-refractivity contribution in [1.82, 2.24) is 0 Å². The molecule has 1 saturated carbocycles. The number of nitriles is 1. The molecule has 0 aromatic heterocycles. The molecule has 5 nitrogen and oxygen atoms in total. The summed E-state index contributed by atoms with van der Waals surface area (Å²) < 4.78 is 16.5. The second-order valence-electron chi connectivity index (χ2n) is 7.04. The van der Waals surface area contributed by atoms with E-state index in [-0.39, 0.29) is 23.9 Å². The number of hydrogen-bond acceptors (Lipinski definition) is 5. The number of nitrogens with zero attached hydrogens (tertiary/aromatic N) is 1. The van der Waals surface area contributed by atoms with Gasteiger partial charge in [0.15, 0.2) is 11.5 Å². The summed E-state index contributed by atoms with van der Waals surface area (Å²) in [6.45, 7) is 12.5. The Morgan fingerprint density at radius 3 is 2.48 bits per heavy atom. The molecule has 0 saturated heterocycles. The minimum Gasteiger partial charge on any atom is -0.493 e. The van der Waals surface area contributed by atoms with Crippen LogP contribution in [0.4, 0.5) is 0 Å². The summed E-state index contributed by atoms with van der Waals surface area (Å²) >= 11 is 0. The highest BCUT2D eigenvalue weighted by Gasteiger charge is 2.46. The summed E-state index contributed by atoms with van der Waals surface area (Å²) in [6, 6.07) is 3.84. The van der Waals surface area contributed by atoms with Crippen molar-refractivity contribution in [3.8, 4) is 17.8 Å². The highest BCUT2D eigenvalue weighted by Crippen LogP contribution is 2.49. The molecule has 1 aliphatic carbocycles. The number of methoxy groups -OCH3 is 1. The van der Waals surface area contributed by atoms with Crippen LogP contribution in [-0.2, 0) is 22.6 Å². The lowest BCUT2D eigenvalue weighted by Crippen LogP contribution is -2.48. The van der Waals surface area contributed by atoms with E-state index >= 15 is 0 Å². The topological polar surface area (TPSA) is 68.6 Å². The Morgan fingerprint density at radius 1 is 1.22 bits per heavy atom. The minimum absolute atomic E-state index is 0.0793. The van der Waals surface area contributed by atoms with E-state index in [1.807, 2.05) is 39.8 Å². The second-order valence-corrected chi connectivity index (χ2v) is 7.04. The molecule has 0 bridgehead atoms. The average Bonchev–Trinajstić information content (AvgIpc) is 2.67. The molecule has 0 radical (unpaired) electrons. The van der Waals surface area contributed by atoms with Crippen LogP contribution in [0.3, 0.4) is 0 Å². The highest BCUT2D eigenvalue weighted by atomic mass is 16.5. The Bertz CT molecular complexity index is 676. The van der Waals surface area contributed by atoms with Crippen LogP contribution in [0, 0.1) is 22.9 Å². The van der Waals surface area contributed by atoms with Crippen molar-refractivity contribution in [2.75, 3.05) is 7.11 Å². The zero-order valence-electron chi connectivity index (χ0n) is 17.7. The summed E-state index contributed by atoms with van der Waals surface area (Å²) in [5.41, 5.74) is 1.86. The van der Waals surface area contributed by atoms with Gasteiger partial charge in [0.25, 0.3) is 6.26 Å². The van der Waals surface area contributed by atoms with Crippen LogP contribution in [0.2, 0.25) is 0 Å². The first-order valence-electron chi connectivity index (χ1n) is 9.83. The number of carbonyl (C=O) groups is 1. The largest absolute Gasteiger partial charge is 0.493 e. The fourth-order valence-electron chi connectivity index (χ4n) is 3.86. The van der Waals surface area contributed by atoms with E-state index in [9.17, 15) is 4.79 Å². The normalized spacial score (nSPS) is 21.5. The first kappa shape index (κ1) is 22.8. The number of fused-ring (bicyclic) bond motifs is 2. The predicted molar refractivity (Wildman–Crippen MR) is 106 cm³/mol. The molecule has 1 aromatic rings. The molecule has 1 fully saturated rings. The Morgan fingerprint density at radius 2 is 1.89 bits per heavy atom. The van der Waals surface area contributed by atoms with E-state index in [1.165, 1.54) is 0 Å². The quantitative estimate of drug-likeness (QED) is 0.691. The summed E-state index contributed by atoms with van der Waals surface area (Å²) in [5, 5.41) is 8.58. The summed E-state index contributed by atoms with van der Waals surface area (Å²) in [6.07, 6.45) is 3.51. The molecule has 3 rings (SSSR count). The van der Waals surface area contributed by atoms with Crippen molar-refractivity contribution in [2.24, 2.45) is 11.3 Å². The van der Waals surface area contributed by atoms with Gasteiger partial charge in [-0.15, -0.1) is 0 Å². The molecule has 0 spiro atoms. The van der Waals surface area contributed by atoms with E-state index in [1.54, 1.807) is 13.4 Å². The molecule has 1 aliphatic heterocycles. The minimum atomic E-state index is -0.0890. The van der Waals surface area contributed by atoms with Crippen LogP contribution in [0.5, 0.6) is 11.5 Å². The van der Waals surface area contributed by atoms with Crippen LogP contribution in [0.25, 0.3) is 0 Å². The fourth-order valence-corrected chi connectivity index (χ4v) is 3.86. The molecule has 2 atom stereocenters. The van der Waals surface area contributed by atoms with Crippen LogP contribution in [0.1, 0.15) is 65.5 Å². The van der Waals surface area contributed by atoms with Gasteiger partial charge in [-0.1, -0.05) is 41.5 Å². The number of ether oxygens (including phenoxy) is 3. The number of benzene rings is 1. The van der Waals surface area contributed by atoms with Crippen molar-refractivity contribution >= 4 is 5.78 Å². The van der Waals surface area contributed by atoms with E-state index in [2.05, 4.69) is 13.8 Å². The number of carbonyl (C=O) groups excluding carboxylic acids is 1. The maximum Gasteiger partial charge on any atom is 0.286 e. The molecule has 1 heterocycles. The number of Topliss-reactive ketones (excluding diaryl/α,β-unsaturated/α-hetero) is 1. The van der Waals surface area contributed by atoms with E-state index in [0.717, 1.165) is 23.3 Å². The molecular weight excluding hydrogens is 342 g/mol. The van der Waals surface area contributed by atoms with Crippen LogP contribution >= 0.6 is 0 Å². The van der Waals surface area contributed by atoms with Crippen molar-refractivity contribution in [1.29, 1.82) is 5.26 Å². The first-order valence-corrected chi connectivity index (χ1v) is 9.83. The molecule has 2 unspecified atom stereocenters. The summed E-state index contributed by atoms with van der Waals surface area (Å²) in [4.78, 5) is 12.0. The lowest BCUT2D eigenvalue weighted by Gasteiger charge is -2.46. The lowest BCUT2D eigenvalue weighted by atomic mass is 9.64. The van der Waals surface area contributed by atoms with Gasteiger partial charge in [-0.05, 0) is 35.1 Å². The van der Waals surface area contributed by atoms with E-state index < -0.39 is 0 Å². The number of ketones is 1. The average molecular weight is 376 g/mol. The summed E-state index contributed by atoms with van der Waals surface area (Å²) in [5.74, 6) is 1.91. The van der Waals surface area contributed by atoms with Crippen molar-refractivity contribution in [3.05, 3.63) is 23.3 Å². The fraction of sp³-hybridized carbons (Fsp3) is 0.636. The van der Waals surface area contributed by atoms with Crippen LogP contribution in [-0.4, -0.2) is 19.0 Å². The molecule has 150 valence electrons. The van der Waals surface area contributed by atoms with Gasteiger partial charge in [-0.2, -0.15) is 5.26 Å². The van der Waals surface area contributed by atoms with Crippen LogP contribution in [0.15, 0.2) is 12.1 Å². The first-order chi connectivity index (χ1) is 12.9. The van der Waals surface area contributed by atoms with Gasteiger partial charge in [-0.25, -0.2) is 0 Å². The van der Waals surface area contributed by atoms with Gasteiger partial charge in [0.2, 0.25) is 0 Å². The molecule has 2 aliphatic rings. The molecule has 0 N–H and O–H groups in total. The van der Waals surface area contributed by atoms with Gasteiger partial charge in [-0.3, -0.25) is 4.79 Å². The van der Waals surface area contributed by atoms with Gasteiger partial charge in [0, 0.05) is 18.8 Å². The van der Waals surface area contributed by atoms with E-state index in [0.29, 0.717) is 24.5 Å². The third-order valence-corrected chi connectivity index (χ3v) is 4.96. The van der Waals surface area contributed by atoms with E-state index in [4.69, 9.17) is 19.5 Å². The third-order valence-electron chi connectivity index (χ3n) is 4.96. The molecular formula is C22H33NO4. The molecule has 5 heteroatoms. The molecule has 1 aromatic carbocycles. The van der Waals surface area contributed by atoms with Crippen molar-refractivity contribution in [2.45, 2.75) is 73.5 Å². The van der Waals surface area contributed by atoms with Gasteiger partial charge in [0.05, 0.1) is 7.11 Å². The third kappa shape index (κ3) is 5.15. The number of hydrogen-bond donors (Lipinski definition) is 0. The number of rotatable bonds is 3. The maximum absolute atomic E-state index is 12.0. The Kier molecular flexibility index (Phi) is 8.62. The SMILES string of the molecule is CC.CC.COc1cc(COC#N)cc2c1OC1CC(=O)CC(C)(C)C1C2. The highest BCUT2D eigenvalue weighted by molar-refractivity contribution is 5.81. The zero-order chi connectivity index (χ0) is 20.6. The lowest BCUT2D eigenvalue weighted by molar-refractivity contribution is -0.131. The predicted octanol–water partition coefficient (Wildman–Crippen LogP) is 5.05. The maximum atomic E-state index is 12.0. The monoisotopic (exact) mass is 375 g/mol. The van der Waals surface area contributed by atoms with Gasteiger partial charge in [0.1, 0.15) is 18.5 Å². The van der Waals surface area contributed by atoms with Crippen molar-refractivity contribution < 1.29 is 19.0 Å². The zero-order valence-corrected chi connectivity index (χ0v) is 17.7. The smallest absolute Gasteiger partial charge is 0.286 e. The Balaban J connectivity index is 0.000000855.